The van der Waals surface area contributed by atoms with Gasteiger partial charge in [-0.05, 0) is 25.7 Å². The molecule has 2 saturated heterocycles. The van der Waals surface area contributed by atoms with Crippen molar-refractivity contribution in [2.75, 3.05) is 19.8 Å². The molecule has 2 atom stereocenters. The molecule has 0 saturated carbocycles. The number of ether oxygens (including phenoxy) is 1. The summed E-state index contributed by atoms with van der Waals surface area (Å²) in [6.45, 7) is -0.318. The summed E-state index contributed by atoms with van der Waals surface area (Å²) in [7, 11) is 0. The minimum absolute atomic E-state index is 0.180. The Morgan fingerprint density at radius 1 is 1.18 bits per heavy atom. The van der Waals surface area contributed by atoms with Crippen molar-refractivity contribution in [2.24, 2.45) is 0 Å². The third kappa shape index (κ3) is 3.83. The lowest BCUT2D eigenvalue weighted by Gasteiger charge is -2.37. The van der Waals surface area contributed by atoms with E-state index in [1.54, 1.807) is 0 Å². The van der Waals surface area contributed by atoms with Crippen LogP contribution in [0.2, 0.25) is 0 Å². The second-order valence-corrected chi connectivity index (χ2v) is 6.15. The van der Waals surface area contributed by atoms with E-state index in [1.807, 2.05) is 0 Å². The zero-order valence-corrected chi connectivity index (χ0v) is 11.1. The molecule has 0 spiro atoms. The molecule has 6 heteroatoms. The van der Waals surface area contributed by atoms with Crippen LogP contribution in [0.15, 0.2) is 0 Å². The molecular weight excluding hydrogens is 299 g/mol. The number of fused-ring (bicyclic) bond motifs is 2. The Balaban J connectivity index is 1.70. The summed E-state index contributed by atoms with van der Waals surface area (Å²) in [5, 5.41) is 0. The minimum Gasteiger partial charge on any atom is -0.371 e. The number of halogens is 4. The van der Waals surface area contributed by atoms with Crippen molar-refractivity contribution in [1.82, 2.24) is 4.90 Å². The van der Waals surface area contributed by atoms with Crippen molar-refractivity contribution in [3.63, 3.8) is 0 Å². The fourth-order valence-electron chi connectivity index (χ4n) is 2.93. The maximum Gasteiger partial charge on any atom is 0.411 e. The first-order chi connectivity index (χ1) is 7.96. The Bertz CT molecular complexity index is 248. The second kappa shape index (κ2) is 5.45. The van der Waals surface area contributed by atoms with Crippen molar-refractivity contribution in [1.29, 1.82) is 0 Å². The Morgan fingerprint density at radius 2 is 1.76 bits per heavy atom. The number of hydrogen-bond donors (Lipinski definition) is 0. The van der Waals surface area contributed by atoms with Crippen LogP contribution in [0.25, 0.3) is 0 Å². The van der Waals surface area contributed by atoms with Gasteiger partial charge in [0.15, 0.2) is 0 Å². The Hall–Kier alpha value is 0.190. The van der Waals surface area contributed by atoms with Crippen LogP contribution >= 0.6 is 15.9 Å². The summed E-state index contributed by atoms with van der Waals surface area (Å²) in [5.41, 5.74) is 0. The average Bonchev–Trinajstić information content (AvgIpc) is 2.44. The third-order valence-electron chi connectivity index (χ3n) is 3.59. The van der Waals surface area contributed by atoms with Gasteiger partial charge in [-0.25, -0.2) is 0 Å². The highest BCUT2D eigenvalue weighted by atomic mass is 79.9. The molecule has 2 heterocycles. The van der Waals surface area contributed by atoms with E-state index in [2.05, 4.69) is 25.6 Å². The van der Waals surface area contributed by atoms with Gasteiger partial charge in [-0.3, -0.25) is 4.90 Å². The first kappa shape index (κ1) is 13.6. The van der Waals surface area contributed by atoms with Gasteiger partial charge in [-0.1, -0.05) is 15.9 Å². The zero-order valence-electron chi connectivity index (χ0n) is 9.55. The molecule has 17 heavy (non-hydrogen) atoms. The van der Waals surface area contributed by atoms with Gasteiger partial charge in [0.05, 0.1) is 6.61 Å². The molecule has 2 unspecified atom stereocenters. The molecule has 2 fully saturated rings. The van der Waals surface area contributed by atoms with E-state index < -0.39 is 12.8 Å². The van der Waals surface area contributed by atoms with Crippen LogP contribution in [0.3, 0.4) is 0 Å². The predicted molar refractivity (Wildman–Crippen MR) is 62.3 cm³/mol. The van der Waals surface area contributed by atoms with Crippen LogP contribution in [0, 0.1) is 0 Å². The number of hydrogen-bond acceptors (Lipinski definition) is 2. The molecule has 2 aliphatic rings. The van der Waals surface area contributed by atoms with Crippen molar-refractivity contribution in [3.8, 4) is 0 Å². The van der Waals surface area contributed by atoms with Crippen LogP contribution in [0.5, 0.6) is 0 Å². The smallest absolute Gasteiger partial charge is 0.371 e. The van der Waals surface area contributed by atoms with E-state index in [1.165, 1.54) is 12.8 Å². The van der Waals surface area contributed by atoms with Crippen LogP contribution < -0.4 is 0 Å². The standard InChI is InChI=1S/C11H17BrF3NO/c12-8-5-9-1-2-10(6-8)16(9)3-4-17-7-11(13,14)15/h8-10H,1-7H2. The van der Waals surface area contributed by atoms with Gasteiger partial charge >= 0.3 is 6.18 Å². The highest BCUT2D eigenvalue weighted by Gasteiger charge is 2.39. The van der Waals surface area contributed by atoms with Crippen LogP contribution in [-0.2, 0) is 4.74 Å². The summed E-state index contributed by atoms with van der Waals surface area (Å²) in [6.07, 6.45) is 0.353. The van der Waals surface area contributed by atoms with Crippen LogP contribution in [0.4, 0.5) is 13.2 Å². The molecule has 0 radical (unpaired) electrons. The van der Waals surface area contributed by atoms with Crippen LogP contribution in [0.1, 0.15) is 25.7 Å². The van der Waals surface area contributed by atoms with Gasteiger partial charge < -0.3 is 4.74 Å². The van der Waals surface area contributed by atoms with Gasteiger partial charge in [-0.2, -0.15) is 13.2 Å². The Morgan fingerprint density at radius 3 is 2.29 bits per heavy atom. The lowest BCUT2D eigenvalue weighted by molar-refractivity contribution is -0.175. The molecule has 0 aromatic heterocycles. The van der Waals surface area contributed by atoms with E-state index in [9.17, 15) is 13.2 Å². The normalized spacial score (nSPS) is 34.2. The lowest BCUT2D eigenvalue weighted by Crippen LogP contribution is -2.44. The first-order valence-corrected chi connectivity index (χ1v) is 6.91. The molecule has 0 aromatic rings. The number of alkyl halides is 4. The summed E-state index contributed by atoms with van der Waals surface area (Å²) in [6, 6.07) is 1.07. The molecule has 2 bridgehead atoms. The van der Waals surface area contributed by atoms with E-state index >= 15 is 0 Å². The summed E-state index contributed by atoms with van der Waals surface area (Å²) < 4.78 is 40.4. The molecule has 2 nitrogen and oxygen atoms in total. The predicted octanol–water partition coefficient (Wildman–Crippen LogP) is 2.96. The molecule has 2 aliphatic heterocycles. The van der Waals surface area contributed by atoms with E-state index in [-0.39, 0.29) is 6.61 Å². The van der Waals surface area contributed by atoms with E-state index in [0.717, 1.165) is 12.8 Å². The van der Waals surface area contributed by atoms with Crippen molar-refractivity contribution in [3.05, 3.63) is 0 Å². The van der Waals surface area contributed by atoms with Gasteiger partial charge in [-0.15, -0.1) is 0 Å². The molecular formula is C11H17BrF3NO. The number of rotatable bonds is 4. The number of nitrogens with zero attached hydrogens (tertiary/aromatic N) is 1. The second-order valence-electron chi connectivity index (χ2n) is 4.86. The quantitative estimate of drug-likeness (QED) is 0.584. The SMILES string of the molecule is FC(F)(F)COCCN1C2CCC1CC(Br)C2. The Kier molecular flexibility index (Phi) is 4.36. The average molecular weight is 316 g/mol. The maximum absolute atomic E-state index is 11.9. The highest BCUT2D eigenvalue weighted by Crippen LogP contribution is 2.38. The van der Waals surface area contributed by atoms with Crippen LogP contribution in [-0.4, -0.2) is 47.7 Å². The number of piperidine rings is 1. The monoisotopic (exact) mass is 315 g/mol. The van der Waals surface area contributed by atoms with E-state index in [4.69, 9.17) is 0 Å². The minimum atomic E-state index is -4.21. The summed E-state index contributed by atoms with van der Waals surface area (Å²) in [5.74, 6) is 0. The zero-order chi connectivity index (χ0) is 12.5. The fourth-order valence-corrected chi connectivity index (χ4v) is 3.79. The van der Waals surface area contributed by atoms with Gasteiger partial charge in [0, 0.05) is 23.5 Å². The van der Waals surface area contributed by atoms with Crippen molar-refractivity contribution < 1.29 is 17.9 Å². The topological polar surface area (TPSA) is 12.5 Å². The molecule has 100 valence electrons. The molecule has 0 aliphatic carbocycles. The third-order valence-corrected chi connectivity index (χ3v) is 4.33. The van der Waals surface area contributed by atoms with Gasteiger partial charge in [0.25, 0.3) is 0 Å². The van der Waals surface area contributed by atoms with Gasteiger partial charge in [0.2, 0.25) is 0 Å². The first-order valence-electron chi connectivity index (χ1n) is 6.00. The largest absolute Gasteiger partial charge is 0.411 e. The highest BCUT2D eigenvalue weighted by molar-refractivity contribution is 9.09. The molecule has 0 amide bonds. The van der Waals surface area contributed by atoms with Gasteiger partial charge in [0.1, 0.15) is 6.61 Å². The molecule has 0 N–H and O–H groups in total. The van der Waals surface area contributed by atoms with Crippen molar-refractivity contribution >= 4 is 15.9 Å². The van der Waals surface area contributed by atoms with Crippen molar-refractivity contribution in [2.45, 2.75) is 48.8 Å². The maximum atomic E-state index is 11.9. The lowest BCUT2D eigenvalue weighted by atomic mass is 10.0. The molecule has 0 aromatic carbocycles. The van der Waals surface area contributed by atoms with E-state index in [0.29, 0.717) is 23.5 Å². The Labute approximate surface area is 108 Å². The fraction of sp³-hybridized carbons (Fsp3) is 1.00. The molecule has 2 rings (SSSR count). The summed E-state index contributed by atoms with van der Waals surface area (Å²) >= 11 is 3.64. The summed E-state index contributed by atoms with van der Waals surface area (Å²) in [4.78, 5) is 2.90.